The van der Waals surface area contributed by atoms with Crippen molar-refractivity contribution in [2.24, 2.45) is 5.73 Å². The lowest BCUT2D eigenvalue weighted by molar-refractivity contribution is -0.145. The van der Waals surface area contributed by atoms with Crippen LogP contribution in [0.5, 0.6) is 0 Å². The van der Waals surface area contributed by atoms with Crippen LogP contribution in [0.2, 0.25) is 0 Å². The van der Waals surface area contributed by atoms with Crippen molar-refractivity contribution in [3.05, 3.63) is 12.2 Å². The van der Waals surface area contributed by atoms with Crippen LogP contribution in [0.1, 0.15) is 13.3 Å². The molecule has 4 unspecified atom stereocenters. The lowest BCUT2D eigenvalue weighted by Gasteiger charge is -2.24. The van der Waals surface area contributed by atoms with E-state index in [0.717, 1.165) is 0 Å². The number of nitrogens with two attached hydrogens (primary N) is 1. The molecular weight excluding hydrogens is 202 g/mol. The fraction of sp³-hybridized carbons (Fsp3) is 0.667. The second kappa shape index (κ2) is 6.52. The first-order valence-corrected chi connectivity index (χ1v) is 4.55. The molecule has 0 fully saturated rings. The van der Waals surface area contributed by atoms with Crippen LogP contribution in [0, 0.1) is 0 Å². The molecule has 0 aromatic heterocycles. The third-order valence-corrected chi connectivity index (χ3v) is 2.01. The molecule has 4 atom stereocenters. The van der Waals surface area contributed by atoms with Crippen LogP contribution in [0.4, 0.5) is 0 Å². The largest absolute Gasteiger partial charge is 0.480 e. The summed E-state index contributed by atoms with van der Waals surface area (Å²) >= 11 is 0. The van der Waals surface area contributed by atoms with Crippen molar-refractivity contribution < 1.29 is 25.2 Å². The highest BCUT2D eigenvalue weighted by Gasteiger charge is 2.32. The van der Waals surface area contributed by atoms with Crippen LogP contribution in [0.25, 0.3) is 0 Å². The Labute approximate surface area is 87.6 Å². The molecule has 0 heterocycles. The molecule has 0 saturated carbocycles. The van der Waals surface area contributed by atoms with Crippen LogP contribution < -0.4 is 5.73 Å². The molecule has 0 saturated heterocycles. The summed E-state index contributed by atoms with van der Waals surface area (Å²) in [5, 5.41) is 36.4. The number of carboxylic acid groups (broad SMARTS) is 1. The van der Waals surface area contributed by atoms with Crippen molar-refractivity contribution >= 4 is 5.97 Å². The second-order valence-corrected chi connectivity index (χ2v) is 3.22. The third-order valence-electron chi connectivity index (χ3n) is 2.01. The van der Waals surface area contributed by atoms with Crippen LogP contribution in [0.3, 0.4) is 0 Å². The number of carbonyl (C=O) groups is 1. The quantitative estimate of drug-likeness (QED) is 0.344. The van der Waals surface area contributed by atoms with E-state index >= 15 is 0 Å². The van der Waals surface area contributed by atoms with E-state index in [1.54, 1.807) is 19.1 Å². The van der Waals surface area contributed by atoms with Gasteiger partial charge in [-0.05, 0) is 13.3 Å². The number of hydrogen-bond donors (Lipinski definition) is 5. The van der Waals surface area contributed by atoms with E-state index in [4.69, 9.17) is 10.8 Å². The minimum atomic E-state index is -1.69. The molecule has 0 aliphatic rings. The average molecular weight is 219 g/mol. The van der Waals surface area contributed by atoms with E-state index in [-0.39, 0.29) is 6.42 Å². The van der Waals surface area contributed by atoms with E-state index in [1.165, 1.54) is 0 Å². The molecule has 0 amide bonds. The van der Waals surface area contributed by atoms with Gasteiger partial charge in [-0.1, -0.05) is 12.2 Å². The molecule has 0 aromatic rings. The summed E-state index contributed by atoms with van der Waals surface area (Å²) in [6.45, 7) is 1.73. The normalized spacial score (nSPS) is 19.8. The number of allylic oxidation sites excluding steroid dienone is 1. The maximum atomic E-state index is 10.4. The maximum absolute atomic E-state index is 10.4. The van der Waals surface area contributed by atoms with Crippen molar-refractivity contribution in [1.29, 1.82) is 0 Å². The van der Waals surface area contributed by atoms with E-state index < -0.39 is 30.3 Å². The van der Waals surface area contributed by atoms with Gasteiger partial charge in [0.2, 0.25) is 0 Å². The van der Waals surface area contributed by atoms with Gasteiger partial charge in [-0.3, -0.25) is 4.79 Å². The number of hydrogen-bond acceptors (Lipinski definition) is 5. The third kappa shape index (κ3) is 4.39. The average Bonchev–Trinajstić information content (AvgIpc) is 2.22. The number of rotatable bonds is 6. The molecule has 15 heavy (non-hydrogen) atoms. The Bertz CT molecular complexity index is 231. The van der Waals surface area contributed by atoms with Crippen molar-refractivity contribution in [3.8, 4) is 0 Å². The highest BCUT2D eigenvalue weighted by atomic mass is 16.4. The Morgan fingerprint density at radius 1 is 1.33 bits per heavy atom. The number of carboxylic acids is 1. The predicted octanol–water partition coefficient (Wildman–Crippen LogP) is -1.55. The summed E-state index contributed by atoms with van der Waals surface area (Å²) in [5.74, 6) is -1.43. The second-order valence-electron chi connectivity index (χ2n) is 3.22. The van der Waals surface area contributed by atoms with E-state index in [1.807, 2.05) is 0 Å². The van der Waals surface area contributed by atoms with Crippen molar-refractivity contribution in [3.63, 3.8) is 0 Å². The Hall–Kier alpha value is -0.950. The fourth-order valence-corrected chi connectivity index (χ4v) is 1.00. The molecule has 0 aromatic carbocycles. The van der Waals surface area contributed by atoms with Crippen molar-refractivity contribution in [1.82, 2.24) is 0 Å². The van der Waals surface area contributed by atoms with Crippen LogP contribution in [-0.4, -0.2) is 50.7 Å². The first-order valence-electron chi connectivity index (χ1n) is 4.55. The summed E-state index contributed by atoms with van der Waals surface area (Å²) in [7, 11) is 0. The minimum absolute atomic E-state index is 0.126. The van der Waals surface area contributed by atoms with Crippen LogP contribution in [-0.2, 0) is 4.79 Å². The molecular formula is C9H17NO5. The SMILES string of the molecule is C/C=C/CC(O)C(O)C(O)C(N)C(=O)O. The monoisotopic (exact) mass is 219 g/mol. The summed E-state index contributed by atoms with van der Waals surface area (Å²) in [6, 6.07) is -1.61. The molecule has 0 rings (SSSR count). The molecule has 6 N–H and O–H groups in total. The van der Waals surface area contributed by atoms with Gasteiger partial charge in [0, 0.05) is 0 Å². The lowest BCUT2D eigenvalue weighted by atomic mass is 9.99. The van der Waals surface area contributed by atoms with Gasteiger partial charge in [-0.2, -0.15) is 0 Å². The van der Waals surface area contributed by atoms with Crippen molar-refractivity contribution in [2.45, 2.75) is 37.7 Å². The smallest absolute Gasteiger partial charge is 0.323 e. The molecule has 88 valence electrons. The Kier molecular flexibility index (Phi) is 6.11. The molecule has 0 aliphatic carbocycles. The van der Waals surface area contributed by atoms with Gasteiger partial charge in [0.05, 0.1) is 6.10 Å². The molecule has 0 bridgehead atoms. The standard InChI is InChI=1S/C9H17NO5/c1-2-3-4-5(11)7(12)8(13)6(10)9(14)15/h2-3,5-8,11-13H,4,10H2,1H3,(H,14,15)/b3-2+. The molecule has 0 aliphatic heterocycles. The zero-order valence-corrected chi connectivity index (χ0v) is 8.45. The molecule has 6 nitrogen and oxygen atoms in total. The van der Waals surface area contributed by atoms with Gasteiger partial charge in [-0.15, -0.1) is 0 Å². The summed E-state index contributed by atoms with van der Waals surface area (Å²) in [6.07, 6.45) is -1.12. The topological polar surface area (TPSA) is 124 Å². The zero-order chi connectivity index (χ0) is 12.0. The number of aliphatic hydroxyl groups is 3. The molecule has 6 heteroatoms. The first kappa shape index (κ1) is 14.1. The van der Waals surface area contributed by atoms with E-state index in [2.05, 4.69) is 0 Å². The zero-order valence-electron chi connectivity index (χ0n) is 8.45. The minimum Gasteiger partial charge on any atom is -0.480 e. The van der Waals surface area contributed by atoms with Crippen molar-refractivity contribution in [2.75, 3.05) is 0 Å². The van der Waals surface area contributed by atoms with Gasteiger partial charge < -0.3 is 26.2 Å². The summed E-state index contributed by atoms with van der Waals surface area (Å²) < 4.78 is 0. The fourth-order valence-electron chi connectivity index (χ4n) is 1.00. The number of aliphatic carboxylic acids is 1. The Morgan fingerprint density at radius 3 is 2.27 bits per heavy atom. The van der Waals surface area contributed by atoms with E-state index in [0.29, 0.717) is 0 Å². The summed E-state index contributed by atoms with van der Waals surface area (Å²) in [5.41, 5.74) is 5.09. The maximum Gasteiger partial charge on any atom is 0.323 e. The lowest BCUT2D eigenvalue weighted by Crippen LogP contribution is -2.51. The van der Waals surface area contributed by atoms with E-state index in [9.17, 15) is 20.1 Å². The Balaban J connectivity index is 4.29. The van der Waals surface area contributed by atoms with Gasteiger partial charge in [0.1, 0.15) is 18.2 Å². The molecule has 0 radical (unpaired) electrons. The van der Waals surface area contributed by atoms with Gasteiger partial charge in [0.25, 0.3) is 0 Å². The molecule has 0 spiro atoms. The first-order chi connectivity index (χ1) is 6.91. The summed E-state index contributed by atoms with van der Waals surface area (Å²) in [4.78, 5) is 10.4. The highest BCUT2D eigenvalue weighted by molar-refractivity contribution is 5.74. The van der Waals surface area contributed by atoms with Crippen LogP contribution >= 0.6 is 0 Å². The van der Waals surface area contributed by atoms with Gasteiger partial charge in [0.15, 0.2) is 0 Å². The predicted molar refractivity (Wildman–Crippen MR) is 53.1 cm³/mol. The number of aliphatic hydroxyl groups excluding tert-OH is 3. The Morgan fingerprint density at radius 2 is 1.87 bits per heavy atom. The van der Waals surface area contributed by atoms with Gasteiger partial charge >= 0.3 is 5.97 Å². The highest BCUT2D eigenvalue weighted by Crippen LogP contribution is 2.07. The van der Waals surface area contributed by atoms with Crippen LogP contribution in [0.15, 0.2) is 12.2 Å². The van der Waals surface area contributed by atoms with Gasteiger partial charge in [-0.25, -0.2) is 0 Å².